The molecule has 2 amide bonds. The second kappa shape index (κ2) is 7.97. The number of carbonyl (C=O) groups is 2. The zero-order valence-electron chi connectivity index (χ0n) is 16.2. The molecule has 3 N–H and O–H groups in total. The topological polar surface area (TPSA) is 120 Å². The number of hydrogen-bond acceptors (Lipinski definition) is 5. The Morgan fingerprint density at radius 1 is 1.36 bits per heavy atom. The highest BCUT2D eigenvalue weighted by molar-refractivity contribution is 5.91. The van der Waals surface area contributed by atoms with Gasteiger partial charge < -0.3 is 15.3 Å². The van der Waals surface area contributed by atoms with Crippen LogP contribution >= 0.6 is 0 Å². The average Bonchev–Trinajstić information content (AvgIpc) is 3.00. The van der Waals surface area contributed by atoms with Gasteiger partial charge in [0, 0.05) is 26.7 Å². The molecule has 1 aromatic carbocycles. The maximum atomic E-state index is 12.7. The van der Waals surface area contributed by atoms with Gasteiger partial charge in [-0.05, 0) is 31.4 Å². The van der Waals surface area contributed by atoms with Crippen molar-refractivity contribution in [1.29, 1.82) is 0 Å². The number of aryl methyl sites for hydroxylation is 3. The van der Waals surface area contributed by atoms with Gasteiger partial charge in [0.25, 0.3) is 5.91 Å². The molecule has 1 aliphatic rings. The molecule has 1 saturated heterocycles. The van der Waals surface area contributed by atoms with Crippen molar-refractivity contribution >= 4 is 11.8 Å². The van der Waals surface area contributed by atoms with E-state index in [0.29, 0.717) is 13.1 Å². The van der Waals surface area contributed by atoms with Gasteiger partial charge in [-0.15, -0.1) is 5.10 Å². The molecule has 0 radical (unpaired) electrons. The number of hydrogen-bond donors (Lipinski definition) is 3. The first-order valence-electron chi connectivity index (χ1n) is 9.20. The zero-order valence-corrected chi connectivity index (χ0v) is 16.2. The van der Waals surface area contributed by atoms with Crippen molar-refractivity contribution in [3.63, 3.8) is 0 Å². The Labute approximate surface area is 162 Å². The Balaban J connectivity index is 1.66. The number of nitrogens with zero attached hydrogens (tertiary/aromatic N) is 3. The first kappa shape index (κ1) is 19.8. The van der Waals surface area contributed by atoms with Crippen molar-refractivity contribution in [1.82, 2.24) is 25.0 Å². The van der Waals surface area contributed by atoms with Crippen molar-refractivity contribution in [3.05, 3.63) is 51.2 Å². The summed E-state index contributed by atoms with van der Waals surface area (Å²) in [5, 5.41) is 17.0. The molecule has 0 bridgehead atoms. The van der Waals surface area contributed by atoms with E-state index >= 15 is 0 Å². The summed E-state index contributed by atoms with van der Waals surface area (Å²) in [6.45, 7) is 4.68. The number of likely N-dealkylation sites (tertiary alicyclic amines) is 1. The molecular weight excluding hydrogens is 362 g/mol. The standard InChI is InChI=1S/C19H25N5O4/c1-11-4-5-12(2)13(8-11)9-20-17(26)14-10-24(7-6-15(14)25)18(27)16-21-19(28)23(3)22-16/h4-5,8,14-15,25H,6-7,9-10H2,1-3H3,(H,20,26)(H,21,22,28)/t14-,15+/m0/s1. The Kier molecular flexibility index (Phi) is 5.64. The van der Waals surface area contributed by atoms with E-state index in [1.807, 2.05) is 32.0 Å². The van der Waals surface area contributed by atoms with Crippen LogP contribution in [0.3, 0.4) is 0 Å². The van der Waals surface area contributed by atoms with Crippen molar-refractivity contribution in [2.75, 3.05) is 13.1 Å². The van der Waals surface area contributed by atoms with Crippen LogP contribution in [0.1, 0.15) is 33.7 Å². The van der Waals surface area contributed by atoms with Gasteiger partial charge in [0.1, 0.15) is 0 Å². The summed E-state index contributed by atoms with van der Waals surface area (Å²) in [4.78, 5) is 40.6. The molecule has 150 valence electrons. The van der Waals surface area contributed by atoms with Gasteiger partial charge in [-0.2, -0.15) is 0 Å². The number of H-pyrrole nitrogens is 1. The normalized spacial score (nSPS) is 19.5. The van der Waals surface area contributed by atoms with Gasteiger partial charge in [-0.25, -0.2) is 9.48 Å². The van der Waals surface area contributed by atoms with E-state index < -0.39 is 23.6 Å². The highest BCUT2D eigenvalue weighted by Crippen LogP contribution is 2.19. The Hall–Kier alpha value is -2.94. The largest absolute Gasteiger partial charge is 0.392 e. The number of piperidine rings is 1. The van der Waals surface area contributed by atoms with Gasteiger partial charge in [0.2, 0.25) is 11.7 Å². The minimum absolute atomic E-state index is 0.0667. The molecule has 0 aliphatic carbocycles. The van der Waals surface area contributed by atoms with Gasteiger partial charge >= 0.3 is 5.69 Å². The SMILES string of the molecule is Cc1ccc(C)c(CNC(=O)[C@H]2CN(C(=O)c3nn(C)c(=O)[nH]3)CC[C@H]2O)c1. The Morgan fingerprint density at radius 2 is 2.11 bits per heavy atom. The van der Waals surface area contributed by atoms with E-state index in [-0.39, 0.29) is 24.7 Å². The van der Waals surface area contributed by atoms with Crippen LogP contribution < -0.4 is 11.0 Å². The van der Waals surface area contributed by atoms with E-state index in [1.165, 1.54) is 11.9 Å². The van der Waals surface area contributed by atoms with Gasteiger partial charge in [-0.3, -0.25) is 14.6 Å². The van der Waals surface area contributed by atoms with E-state index in [2.05, 4.69) is 15.4 Å². The predicted octanol–water partition coefficient (Wildman–Crippen LogP) is -0.135. The number of carbonyl (C=O) groups excluding carboxylic acids is 2. The number of aromatic nitrogens is 3. The highest BCUT2D eigenvalue weighted by atomic mass is 16.3. The second-order valence-electron chi connectivity index (χ2n) is 7.26. The zero-order chi connectivity index (χ0) is 20.4. The number of aromatic amines is 1. The smallest absolute Gasteiger partial charge is 0.343 e. The van der Waals surface area contributed by atoms with Crippen LogP contribution in [0.2, 0.25) is 0 Å². The molecule has 0 spiro atoms. The molecule has 9 heteroatoms. The lowest BCUT2D eigenvalue weighted by Crippen LogP contribution is -2.51. The van der Waals surface area contributed by atoms with E-state index in [1.54, 1.807) is 0 Å². The number of aliphatic hydroxyl groups is 1. The summed E-state index contributed by atoms with van der Waals surface area (Å²) < 4.78 is 1.04. The van der Waals surface area contributed by atoms with Crippen LogP contribution in [0, 0.1) is 19.8 Å². The quantitative estimate of drug-likeness (QED) is 0.675. The minimum Gasteiger partial charge on any atom is -0.392 e. The summed E-state index contributed by atoms with van der Waals surface area (Å²) >= 11 is 0. The van der Waals surface area contributed by atoms with Gasteiger partial charge in [-0.1, -0.05) is 23.8 Å². The predicted molar refractivity (Wildman–Crippen MR) is 102 cm³/mol. The average molecular weight is 387 g/mol. The minimum atomic E-state index is -0.828. The fraction of sp³-hybridized carbons (Fsp3) is 0.474. The summed E-state index contributed by atoms with van der Waals surface area (Å²) in [5.74, 6) is -1.57. The number of benzene rings is 1. The molecule has 9 nitrogen and oxygen atoms in total. The van der Waals surface area contributed by atoms with Crippen molar-refractivity contribution < 1.29 is 14.7 Å². The van der Waals surface area contributed by atoms with E-state index in [9.17, 15) is 19.5 Å². The lowest BCUT2D eigenvalue weighted by atomic mass is 9.93. The molecule has 1 aromatic heterocycles. The third-order valence-corrected chi connectivity index (χ3v) is 5.13. The van der Waals surface area contributed by atoms with E-state index in [4.69, 9.17) is 0 Å². The van der Waals surface area contributed by atoms with Crippen molar-refractivity contribution in [2.45, 2.75) is 32.9 Å². The van der Waals surface area contributed by atoms with Crippen molar-refractivity contribution in [2.24, 2.45) is 13.0 Å². The third kappa shape index (κ3) is 4.14. The first-order valence-corrected chi connectivity index (χ1v) is 9.20. The monoisotopic (exact) mass is 387 g/mol. The van der Waals surface area contributed by atoms with Gasteiger partial charge in [0.15, 0.2) is 0 Å². The molecular formula is C19H25N5O4. The van der Waals surface area contributed by atoms with E-state index in [0.717, 1.165) is 21.4 Å². The van der Waals surface area contributed by atoms with Crippen LogP contribution in [-0.4, -0.2) is 55.8 Å². The fourth-order valence-electron chi connectivity index (χ4n) is 3.33. The molecule has 2 heterocycles. The van der Waals surface area contributed by atoms with Crippen LogP contribution in [0.15, 0.2) is 23.0 Å². The van der Waals surface area contributed by atoms with Crippen molar-refractivity contribution in [3.8, 4) is 0 Å². The molecule has 1 fully saturated rings. The van der Waals surface area contributed by atoms with Crippen LogP contribution in [-0.2, 0) is 18.4 Å². The molecule has 0 saturated carbocycles. The Bertz CT molecular complexity index is 948. The highest BCUT2D eigenvalue weighted by Gasteiger charge is 2.36. The second-order valence-corrected chi connectivity index (χ2v) is 7.26. The summed E-state index contributed by atoms with van der Waals surface area (Å²) in [7, 11) is 1.44. The summed E-state index contributed by atoms with van der Waals surface area (Å²) in [6, 6.07) is 6.03. The van der Waals surface area contributed by atoms with Gasteiger partial charge in [0.05, 0.1) is 12.0 Å². The number of nitrogens with one attached hydrogen (secondary N) is 2. The lowest BCUT2D eigenvalue weighted by Gasteiger charge is -2.34. The lowest BCUT2D eigenvalue weighted by molar-refractivity contribution is -0.131. The number of amides is 2. The van der Waals surface area contributed by atoms with Crippen LogP contribution in [0.5, 0.6) is 0 Å². The first-order chi connectivity index (χ1) is 13.3. The molecule has 3 rings (SSSR count). The maximum absolute atomic E-state index is 12.7. The number of rotatable bonds is 4. The summed E-state index contributed by atoms with van der Waals surface area (Å²) in [6.07, 6.45) is -0.546. The summed E-state index contributed by atoms with van der Waals surface area (Å²) in [5.41, 5.74) is 2.71. The molecule has 2 aromatic rings. The molecule has 1 aliphatic heterocycles. The molecule has 28 heavy (non-hydrogen) atoms. The fourth-order valence-corrected chi connectivity index (χ4v) is 3.33. The van der Waals surface area contributed by atoms with Crippen LogP contribution in [0.4, 0.5) is 0 Å². The molecule has 0 unspecified atom stereocenters. The number of aliphatic hydroxyl groups excluding tert-OH is 1. The Morgan fingerprint density at radius 3 is 2.79 bits per heavy atom. The third-order valence-electron chi connectivity index (χ3n) is 5.13. The van der Waals surface area contributed by atoms with Crippen LogP contribution in [0.25, 0.3) is 0 Å². The maximum Gasteiger partial charge on any atom is 0.343 e. The molecule has 2 atom stereocenters.